The van der Waals surface area contributed by atoms with Crippen molar-refractivity contribution in [1.82, 2.24) is 4.90 Å². The van der Waals surface area contributed by atoms with Gasteiger partial charge in [-0.25, -0.2) is 4.79 Å². The second kappa shape index (κ2) is 10.4. The molecule has 0 bridgehead atoms. The van der Waals surface area contributed by atoms with E-state index < -0.39 is 6.10 Å². The Morgan fingerprint density at radius 2 is 1.81 bits per heavy atom. The van der Waals surface area contributed by atoms with Crippen molar-refractivity contribution < 1.29 is 14.6 Å². The van der Waals surface area contributed by atoms with Crippen molar-refractivity contribution in [2.45, 2.75) is 72.1 Å². The maximum absolute atomic E-state index is 12.0. The molecule has 1 amide bonds. The van der Waals surface area contributed by atoms with Gasteiger partial charge in [-0.1, -0.05) is 13.0 Å². The molecule has 0 aromatic carbocycles. The zero-order chi connectivity index (χ0) is 16.4. The number of aliphatic hydroxyl groups is 1. The summed E-state index contributed by atoms with van der Waals surface area (Å²) in [5.74, 6) is -0.0471. The van der Waals surface area contributed by atoms with Gasteiger partial charge in [-0.2, -0.15) is 0 Å². The van der Waals surface area contributed by atoms with Crippen LogP contribution in [0.1, 0.15) is 53.9 Å². The lowest BCUT2D eigenvalue weighted by Gasteiger charge is -2.29. The molecule has 0 saturated carbocycles. The highest BCUT2D eigenvalue weighted by molar-refractivity contribution is 5.68. The summed E-state index contributed by atoms with van der Waals surface area (Å²) in [6.45, 7) is 13.4. The zero-order valence-corrected chi connectivity index (χ0v) is 14.1. The normalized spacial score (nSPS) is 14.5. The van der Waals surface area contributed by atoms with Gasteiger partial charge in [0.1, 0.15) is 0 Å². The summed E-state index contributed by atoms with van der Waals surface area (Å²) in [6, 6.07) is 0.181. The van der Waals surface area contributed by atoms with E-state index in [0.717, 1.165) is 19.3 Å². The fourth-order valence-electron chi connectivity index (χ4n) is 2.16. The van der Waals surface area contributed by atoms with Gasteiger partial charge in [0.2, 0.25) is 0 Å². The molecule has 1 N–H and O–H groups in total. The smallest absolute Gasteiger partial charge is 0.415 e. The van der Waals surface area contributed by atoms with Gasteiger partial charge in [-0.15, -0.1) is 6.58 Å². The molecule has 0 aliphatic rings. The highest BCUT2D eigenvalue weighted by Crippen LogP contribution is 2.13. The summed E-state index contributed by atoms with van der Waals surface area (Å²) in [4.78, 5) is 13.6. The van der Waals surface area contributed by atoms with Crippen LogP contribution in [-0.2, 0) is 4.74 Å². The first-order valence-electron chi connectivity index (χ1n) is 7.75. The van der Waals surface area contributed by atoms with Crippen molar-refractivity contribution >= 4 is 6.09 Å². The highest BCUT2D eigenvalue weighted by atomic mass is 16.5. The fourth-order valence-corrected chi connectivity index (χ4v) is 2.16. The molecule has 0 spiro atoms. The van der Waals surface area contributed by atoms with E-state index in [4.69, 9.17) is 4.74 Å². The molecule has 0 aliphatic carbocycles. The third-order valence-electron chi connectivity index (χ3n) is 3.39. The molecule has 0 aliphatic heterocycles. The maximum Gasteiger partial charge on any atom is 0.415 e. The lowest BCUT2D eigenvalue weighted by Crippen LogP contribution is -2.41. The standard InChI is InChI=1S/C17H31NO3/c1-7-8-9-10-16(19)15(6)11-12-21-17(20)18(13(2)3)14(4)5/h7,11-16,19H,1,8-10H2,2-6H3/b12-11+/t15-,16+/m0/s1. The number of carbonyl (C=O) groups is 1. The van der Waals surface area contributed by atoms with Gasteiger partial charge in [0.05, 0.1) is 12.4 Å². The summed E-state index contributed by atoms with van der Waals surface area (Å²) >= 11 is 0. The van der Waals surface area contributed by atoms with Gasteiger partial charge in [-0.05, 0) is 53.0 Å². The molecule has 0 radical (unpaired) electrons. The third-order valence-corrected chi connectivity index (χ3v) is 3.39. The van der Waals surface area contributed by atoms with Crippen LogP contribution < -0.4 is 0 Å². The average molecular weight is 297 g/mol. The molecule has 4 nitrogen and oxygen atoms in total. The number of allylic oxidation sites excluding steroid dienone is 1. The average Bonchev–Trinajstić information content (AvgIpc) is 2.37. The number of hydrogen-bond acceptors (Lipinski definition) is 3. The summed E-state index contributed by atoms with van der Waals surface area (Å²) in [5.41, 5.74) is 0. The van der Waals surface area contributed by atoms with E-state index >= 15 is 0 Å². The van der Waals surface area contributed by atoms with Crippen molar-refractivity contribution in [2.24, 2.45) is 5.92 Å². The topological polar surface area (TPSA) is 49.8 Å². The molecule has 122 valence electrons. The van der Waals surface area contributed by atoms with E-state index in [1.54, 1.807) is 11.0 Å². The van der Waals surface area contributed by atoms with E-state index in [0.29, 0.717) is 0 Å². The summed E-state index contributed by atoms with van der Waals surface area (Å²) in [5, 5.41) is 9.96. The van der Waals surface area contributed by atoms with E-state index in [1.807, 2.05) is 40.7 Å². The number of ether oxygens (including phenoxy) is 1. The second-order valence-electron chi connectivity index (χ2n) is 5.95. The Hall–Kier alpha value is -1.29. The molecule has 0 rings (SSSR count). The van der Waals surface area contributed by atoms with Crippen molar-refractivity contribution in [2.75, 3.05) is 0 Å². The molecular weight excluding hydrogens is 266 g/mol. The van der Waals surface area contributed by atoms with Crippen molar-refractivity contribution in [3.63, 3.8) is 0 Å². The van der Waals surface area contributed by atoms with E-state index in [1.165, 1.54) is 6.26 Å². The van der Waals surface area contributed by atoms with Crippen molar-refractivity contribution in [1.29, 1.82) is 0 Å². The van der Waals surface area contributed by atoms with Gasteiger partial charge in [0.15, 0.2) is 0 Å². The van der Waals surface area contributed by atoms with Crippen LogP contribution in [0.5, 0.6) is 0 Å². The Kier molecular flexibility index (Phi) is 9.80. The minimum atomic E-state index is -0.425. The highest BCUT2D eigenvalue weighted by Gasteiger charge is 2.20. The van der Waals surface area contributed by atoms with Crippen LogP contribution in [0.25, 0.3) is 0 Å². The number of rotatable bonds is 9. The Morgan fingerprint density at radius 3 is 2.29 bits per heavy atom. The Labute approximate surface area is 129 Å². The molecule has 21 heavy (non-hydrogen) atoms. The predicted molar refractivity (Wildman–Crippen MR) is 87.0 cm³/mol. The summed E-state index contributed by atoms with van der Waals surface area (Å²) < 4.78 is 5.15. The van der Waals surface area contributed by atoms with Crippen LogP contribution in [0.3, 0.4) is 0 Å². The van der Waals surface area contributed by atoms with Crippen molar-refractivity contribution in [3.05, 3.63) is 25.0 Å². The number of aliphatic hydroxyl groups excluding tert-OH is 1. The first-order chi connectivity index (χ1) is 9.81. The molecule has 0 unspecified atom stereocenters. The number of hydrogen-bond donors (Lipinski definition) is 1. The lowest BCUT2D eigenvalue weighted by molar-refractivity contribution is 0.105. The van der Waals surface area contributed by atoms with Crippen LogP contribution in [0, 0.1) is 5.92 Å². The first kappa shape index (κ1) is 19.7. The molecule has 0 fully saturated rings. The predicted octanol–water partition coefficient (Wildman–Crippen LogP) is 4.11. The largest absolute Gasteiger partial charge is 0.418 e. The molecule has 0 aromatic rings. The summed E-state index contributed by atoms with van der Waals surface area (Å²) in [6.07, 6.45) is 6.72. The maximum atomic E-state index is 12.0. The van der Waals surface area contributed by atoms with E-state index in [-0.39, 0.29) is 24.1 Å². The molecule has 4 heteroatoms. The van der Waals surface area contributed by atoms with Crippen LogP contribution in [0.4, 0.5) is 4.79 Å². The van der Waals surface area contributed by atoms with Gasteiger partial charge in [-0.3, -0.25) is 0 Å². The number of unbranched alkanes of at least 4 members (excludes halogenated alkanes) is 1. The third kappa shape index (κ3) is 7.90. The molecule has 2 atom stereocenters. The fraction of sp³-hybridized carbons (Fsp3) is 0.706. The van der Waals surface area contributed by atoms with Gasteiger partial charge in [0, 0.05) is 18.0 Å². The quantitative estimate of drug-likeness (QED) is 0.396. The van der Waals surface area contributed by atoms with E-state index in [2.05, 4.69) is 6.58 Å². The number of carbonyl (C=O) groups excluding carboxylic acids is 1. The van der Waals surface area contributed by atoms with Crippen LogP contribution in [0.2, 0.25) is 0 Å². The molecular formula is C17H31NO3. The minimum Gasteiger partial charge on any atom is -0.418 e. The lowest BCUT2D eigenvalue weighted by atomic mass is 10.00. The Bertz CT molecular complexity index is 329. The molecule has 0 aromatic heterocycles. The Morgan fingerprint density at radius 1 is 1.24 bits per heavy atom. The minimum absolute atomic E-state index is 0.0471. The summed E-state index contributed by atoms with van der Waals surface area (Å²) in [7, 11) is 0. The molecule has 0 saturated heterocycles. The van der Waals surface area contributed by atoms with Crippen molar-refractivity contribution in [3.8, 4) is 0 Å². The zero-order valence-electron chi connectivity index (χ0n) is 14.1. The SMILES string of the molecule is C=CCCC[C@@H](O)[C@@H](C)/C=C/OC(=O)N(C(C)C)C(C)C. The monoisotopic (exact) mass is 297 g/mol. The van der Waals surface area contributed by atoms with E-state index in [9.17, 15) is 9.90 Å². The number of amides is 1. The second-order valence-corrected chi connectivity index (χ2v) is 5.95. The first-order valence-corrected chi connectivity index (χ1v) is 7.75. The van der Waals surface area contributed by atoms with Gasteiger partial charge < -0.3 is 14.7 Å². The van der Waals surface area contributed by atoms with Crippen LogP contribution in [0.15, 0.2) is 25.0 Å². The number of nitrogens with zero attached hydrogens (tertiary/aromatic N) is 1. The van der Waals surface area contributed by atoms with Gasteiger partial charge in [0.25, 0.3) is 0 Å². The van der Waals surface area contributed by atoms with Crippen LogP contribution in [-0.4, -0.2) is 34.3 Å². The van der Waals surface area contributed by atoms with Crippen LogP contribution >= 0.6 is 0 Å². The molecule has 0 heterocycles. The Balaban J connectivity index is 4.29. The van der Waals surface area contributed by atoms with Gasteiger partial charge >= 0.3 is 6.09 Å².